The molecule has 12 N–H and O–H groups in total. The molecule has 0 aliphatic heterocycles. The Bertz CT molecular complexity index is 1620. The van der Waals surface area contributed by atoms with Crippen LogP contribution in [0, 0.1) is 0 Å². The van der Waals surface area contributed by atoms with Gasteiger partial charge in [0, 0.05) is 98.0 Å². The highest BCUT2D eigenvalue weighted by Crippen LogP contribution is 2.40. The molecule has 0 amide bonds. The van der Waals surface area contributed by atoms with Crippen LogP contribution in [0.1, 0.15) is 0 Å². The molecule has 0 saturated heterocycles. The zero-order valence-electron chi connectivity index (χ0n) is 42.9. The lowest BCUT2D eigenvalue weighted by atomic mass is 10.9. The lowest BCUT2D eigenvalue weighted by Gasteiger charge is -2.11. The fourth-order valence-corrected chi connectivity index (χ4v) is 3.20. The Morgan fingerprint density at radius 3 is 0.940 bits per heavy atom. The molecule has 32 nitrogen and oxygen atoms in total. The van der Waals surface area contributed by atoms with Crippen LogP contribution in [0.3, 0.4) is 0 Å². The third-order valence-corrected chi connectivity index (χ3v) is 14.2. The number of nitrogens with one attached hydrogen (secondary N) is 12. The van der Waals surface area contributed by atoms with Crippen molar-refractivity contribution < 1.29 is 72.5 Å². The third kappa shape index (κ3) is 89.0. The van der Waals surface area contributed by atoms with Gasteiger partial charge in [0.15, 0.2) is 27.5 Å². The standard InChI is InChI=1S/C4H10N2S.C3H10N2O2S.C3H10N2OS.C3H10NO3P.C2H8N2O2S.C2H8N2OS.C2H7NO3S.2C2H7NO2S.C2H7NOS/c1-5-4(7)6(2)3;1-4-8(6,7)5(2)3;1-4-7(6)5(2)3;1-4-8(5,6-2)7-3;1-3-7(5,6)4-2;1-3-6(5)4-2;1-3-7(4,5)6-2;1-3-6(2,4)5;1-3-6(4)5-2;1-3-5(2)4/h1-3H3,(H,5,7);4H,1-3H3;4H,1-3H3;1-3H3,(H,4,5);3-4H,1-2H3;3-4H,1-2H3;3H,1-2H3;2*3H,1-2H3;3H,1-2H3. The second-order valence-corrected chi connectivity index (χ2v) is 25.5. The van der Waals surface area contributed by atoms with E-state index >= 15 is 0 Å². The highest BCUT2D eigenvalue weighted by molar-refractivity contribution is 7.88. The van der Waals surface area contributed by atoms with Gasteiger partial charge in [-0.1, -0.05) is 0 Å². The molecule has 0 aromatic carbocycles. The van der Waals surface area contributed by atoms with Crippen LogP contribution in [0.25, 0.3) is 0 Å². The summed E-state index contributed by atoms with van der Waals surface area (Å²) in [7, 11) is 17.0. The molecule has 0 bridgehead atoms. The van der Waals surface area contributed by atoms with Crippen LogP contribution in [0.15, 0.2) is 0 Å². The van der Waals surface area contributed by atoms with Crippen molar-refractivity contribution in [3.8, 4) is 0 Å². The van der Waals surface area contributed by atoms with Gasteiger partial charge in [-0.15, -0.1) is 0 Å². The van der Waals surface area contributed by atoms with E-state index in [1.807, 2.05) is 30.8 Å². The Balaban J connectivity index is -0.0000000675. The molecule has 0 aromatic heterocycles. The number of rotatable bonds is 17. The molecule has 0 fully saturated rings. The molecule has 0 rings (SSSR count). The van der Waals surface area contributed by atoms with E-state index in [4.69, 9.17) is 12.2 Å². The predicted octanol–water partition coefficient (Wildman–Crippen LogP) is -6.12. The Labute approximate surface area is 419 Å². The van der Waals surface area contributed by atoms with Crippen LogP contribution in [-0.2, 0) is 107 Å². The molecule has 0 aliphatic carbocycles. The van der Waals surface area contributed by atoms with Gasteiger partial charge < -0.3 is 19.3 Å². The summed E-state index contributed by atoms with van der Waals surface area (Å²) < 4.78 is 175. The molecule has 0 aromatic rings. The van der Waals surface area contributed by atoms with E-state index in [0.717, 1.165) is 22.8 Å². The second-order valence-electron chi connectivity index (χ2n) is 9.95. The summed E-state index contributed by atoms with van der Waals surface area (Å²) in [6.45, 7) is 0. The number of hydrogen-bond donors (Lipinski definition) is 12. The Morgan fingerprint density at radius 2 is 0.940 bits per heavy atom. The molecule has 3 atom stereocenters. The minimum Gasteiger partial charge on any atom is -0.366 e. The molecule has 67 heavy (non-hydrogen) atoms. The molecule has 0 saturated carbocycles. The zero-order valence-corrected chi connectivity index (χ0v) is 51.1. The van der Waals surface area contributed by atoms with Gasteiger partial charge in [0.2, 0.25) is 21.3 Å². The van der Waals surface area contributed by atoms with Crippen molar-refractivity contribution in [2.45, 2.75) is 0 Å². The number of thiocarbonyl (C=S) groups is 1. The first kappa shape index (κ1) is 89.5. The van der Waals surface area contributed by atoms with Gasteiger partial charge in [0.1, 0.15) is 0 Å². The first-order chi connectivity index (χ1) is 30.2. The highest BCUT2D eigenvalue weighted by atomic mass is 32.2. The van der Waals surface area contributed by atoms with E-state index in [1.54, 1.807) is 59.9 Å². The van der Waals surface area contributed by atoms with Gasteiger partial charge in [-0.25, -0.2) is 81.7 Å². The van der Waals surface area contributed by atoms with Crippen molar-refractivity contribution in [3.63, 3.8) is 0 Å². The monoisotopic (exact) mass is 1190 g/mol. The summed E-state index contributed by atoms with van der Waals surface area (Å²) in [6, 6.07) is 0. The second kappa shape index (κ2) is 56.6. The molecule has 0 spiro atoms. The van der Waals surface area contributed by atoms with Crippen LogP contribution in [0.5, 0.6) is 0 Å². The number of hydrogen-bond acceptors (Lipinski definition) is 18. The fourth-order valence-electron chi connectivity index (χ4n) is 1.22. The van der Waals surface area contributed by atoms with E-state index in [1.165, 1.54) is 77.7 Å². The Hall–Kier alpha value is -0.360. The van der Waals surface area contributed by atoms with Crippen LogP contribution in [0.4, 0.5) is 0 Å². The van der Waals surface area contributed by atoms with Gasteiger partial charge in [0.05, 0.1) is 31.5 Å². The summed E-state index contributed by atoms with van der Waals surface area (Å²) in [5.74, 6) is 0. The van der Waals surface area contributed by atoms with Crippen molar-refractivity contribution in [1.29, 1.82) is 0 Å². The van der Waals surface area contributed by atoms with Gasteiger partial charge >= 0.3 is 18.1 Å². The van der Waals surface area contributed by atoms with E-state index in [2.05, 4.69) is 70.3 Å². The largest absolute Gasteiger partial charge is 0.404 e. The third-order valence-electron chi connectivity index (χ3n) is 4.97. The van der Waals surface area contributed by atoms with Crippen molar-refractivity contribution in [3.05, 3.63) is 0 Å². The summed E-state index contributed by atoms with van der Waals surface area (Å²) >= 11 is 1.48. The minimum atomic E-state index is -3.41. The highest BCUT2D eigenvalue weighted by Gasteiger charge is 2.15. The van der Waals surface area contributed by atoms with Crippen LogP contribution in [0.2, 0.25) is 0 Å². The van der Waals surface area contributed by atoms with Gasteiger partial charge in [0.25, 0.3) is 20.4 Å². The average Bonchev–Trinajstić information content (AvgIpc) is 3.31. The van der Waals surface area contributed by atoms with Gasteiger partial charge in [-0.3, -0.25) is 8.37 Å². The van der Waals surface area contributed by atoms with Crippen molar-refractivity contribution in [2.24, 2.45) is 0 Å². The Morgan fingerprint density at radius 1 is 0.582 bits per heavy atom. The zero-order chi connectivity index (χ0) is 56.4. The molecule has 3 unspecified atom stereocenters. The number of nitrogens with zero attached hydrogens (tertiary/aromatic N) is 3. The summed E-state index contributed by atoms with van der Waals surface area (Å²) in [5.41, 5.74) is 0. The molecule has 0 radical (unpaired) electrons. The SMILES string of the molecule is CNC(=S)N(C)C.CNP(=O)(OC)OC.CNS(=O)(=O)N(C)C.CNS(=O)(=O)NC.CNS(=O)(=O)OC.CNS(=O)N(C)C.CNS(=O)NC.CNS(=O)OC.CNS(C)(=O)=O.CNS(C)=O. The fraction of sp³-hybridized carbons (Fsp3) is 0.960. The van der Waals surface area contributed by atoms with Crippen molar-refractivity contribution in [2.75, 3.05) is 168 Å². The molecule has 0 aliphatic rings. The van der Waals surface area contributed by atoms with Gasteiger partial charge in [-0.2, -0.15) is 34.3 Å². The van der Waals surface area contributed by atoms with Crippen LogP contribution < -0.4 is 57.6 Å². The van der Waals surface area contributed by atoms with E-state index in [0.29, 0.717) is 0 Å². The van der Waals surface area contributed by atoms with Crippen molar-refractivity contribution >= 4 is 110 Å². The van der Waals surface area contributed by atoms with Crippen LogP contribution in [-0.4, -0.2) is 237 Å². The van der Waals surface area contributed by atoms with E-state index in [9.17, 15) is 55.1 Å². The van der Waals surface area contributed by atoms with E-state index < -0.39 is 93.1 Å². The predicted molar refractivity (Wildman–Crippen MR) is 278 cm³/mol. The lowest BCUT2D eigenvalue weighted by molar-refractivity contribution is 0.267. The first-order valence-corrected chi connectivity index (χ1v) is 30.4. The normalized spacial score (nSPS) is 12.0. The maximum Gasteiger partial charge on any atom is 0.404 e. The lowest BCUT2D eigenvalue weighted by Crippen LogP contribution is -2.32. The quantitative estimate of drug-likeness (QED) is 0.0476. The maximum absolute atomic E-state index is 10.8. The molecular weight excluding hydrogens is 1100 g/mol. The van der Waals surface area contributed by atoms with E-state index in [-0.39, 0.29) is 0 Å². The topological polar surface area (TPSA) is 413 Å². The summed E-state index contributed by atoms with van der Waals surface area (Å²) in [4.78, 5) is 1.84. The van der Waals surface area contributed by atoms with Gasteiger partial charge in [-0.05, 0) is 61.6 Å². The summed E-state index contributed by atoms with van der Waals surface area (Å²) in [5, 5.41) is 5.97. The summed E-state index contributed by atoms with van der Waals surface area (Å²) in [6.07, 6.45) is 2.69. The van der Waals surface area contributed by atoms with Crippen LogP contribution >= 0.6 is 20.0 Å². The van der Waals surface area contributed by atoms with Crippen molar-refractivity contribution in [1.82, 2.24) is 71.1 Å². The molecule has 0 heterocycles. The molecule has 42 heteroatoms. The smallest absolute Gasteiger partial charge is 0.366 e. The first-order valence-electron chi connectivity index (χ1n) is 17.3. The Kier molecular flexibility index (Phi) is 75.5. The molecular formula is C25H84N15O17PS9. The maximum atomic E-state index is 10.8. The number of sulfonamides is 1. The average molecular weight is 1190 g/mol. The molecule has 420 valence electrons. The minimum absolute atomic E-state index is 0.764.